The molecule has 1 aromatic heterocycles. The number of carbonyl (C=O) groups is 3. The second-order valence-electron chi connectivity index (χ2n) is 5.22. The normalized spacial score (nSPS) is 17.3. The van der Waals surface area contributed by atoms with Crippen LogP contribution < -0.4 is 5.32 Å². The van der Waals surface area contributed by atoms with Crippen molar-refractivity contribution >= 4 is 17.8 Å². The Balaban J connectivity index is 1.74. The maximum absolute atomic E-state index is 12.0. The maximum atomic E-state index is 12.0. The van der Waals surface area contributed by atoms with E-state index in [4.69, 9.17) is 5.11 Å². The van der Waals surface area contributed by atoms with Crippen LogP contribution in [-0.2, 0) is 20.9 Å². The van der Waals surface area contributed by atoms with Crippen LogP contribution in [0.25, 0.3) is 0 Å². The molecule has 2 rings (SSSR count). The second-order valence-corrected chi connectivity index (χ2v) is 5.22. The van der Waals surface area contributed by atoms with Gasteiger partial charge in [0.2, 0.25) is 11.8 Å². The first kappa shape index (κ1) is 15.9. The van der Waals surface area contributed by atoms with Gasteiger partial charge in [-0.3, -0.25) is 14.6 Å². The highest BCUT2D eigenvalue weighted by Crippen LogP contribution is 2.18. The number of likely N-dealkylation sites (tertiary alicyclic amines) is 1. The maximum Gasteiger partial charge on any atom is 0.326 e. The lowest BCUT2D eigenvalue weighted by molar-refractivity contribution is -0.148. The lowest BCUT2D eigenvalue weighted by Crippen LogP contribution is -2.40. The number of hydrogen-bond acceptors (Lipinski definition) is 4. The van der Waals surface area contributed by atoms with Gasteiger partial charge in [0.05, 0.1) is 0 Å². The molecule has 0 spiro atoms. The molecule has 1 aliphatic heterocycles. The Bertz CT molecular complexity index is 547. The van der Waals surface area contributed by atoms with Gasteiger partial charge in [0.1, 0.15) is 6.04 Å². The fourth-order valence-corrected chi connectivity index (χ4v) is 2.48. The molecule has 0 aliphatic carbocycles. The topological polar surface area (TPSA) is 99.6 Å². The zero-order chi connectivity index (χ0) is 15.9. The zero-order valence-electron chi connectivity index (χ0n) is 12.2. The number of hydrogen-bond donors (Lipinski definition) is 2. The largest absolute Gasteiger partial charge is 0.480 e. The van der Waals surface area contributed by atoms with E-state index in [9.17, 15) is 14.4 Å². The van der Waals surface area contributed by atoms with Gasteiger partial charge in [-0.05, 0) is 24.5 Å². The molecule has 2 heterocycles. The molecule has 22 heavy (non-hydrogen) atoms. The van der Waals surface area contributed by atoms with Gasteiger partial charge in [0.25, 0.3) is 0 Å². The standard InChI is InChI=1S/C15H19N3O4/c19-13(17-10-11-3-1-7-16-9-11)5-6-14(20)18-8-2-4-12(18)15(21)22/h1,3,7,9,12H,2,4-6,8,10H2,(H,17,19)(H,21,22). The van der Waals surface area contributed by atoms with Crippen LogP contribution in [0.1, 0.15) is 31.2 Å². The molecule has 1 atom stereocenters. The number of carboxylic acids is 1. The minimum absolute atomic E-state index is 0.0304. The van der Waals surface area contributed by atoms with Gasteiger partial charge in [-0.2, -0.15) is 0 Å². The van der Waals surface area contributed by atoms with Crippen molar-refractivity contribution < 1.29 is 19.5 Å². The molecular weight excluding hydrogens is 286 g/mol. The van der Waals surface area contributed by atoms with Gasteiger partial charge in [0, 0.05) is 38.3 Å². The number of nitrogens with zero attached hydrogens (tertiary/aromatic N) is 2. The number of rotatable bonds is 6. The molecule has 0 aromatic carbocycles. The molecule has 118 valence electrons. The highest BCUT2D eigenvalue weighted by atomic mass is 16.4. The third-order valence-corrected chi connectivity index (χ3v) is 3.64. The van der Waals surface area contributed by atoms with E-state index in [-0.39, 0.29) is 24.7 Å². The first-order valence-corrected chi connectivity index (χ1v) is 7.26. The van der Waals surface area contributed by atoms with Crippen LogP contribution in [0, 0.1) is 0 Å². The average molecular weight is 305 g/mol. The van der Waals surface area contributed by atoms with Crippen molar-refractivity contribution in [3.05, 3.63) is 30.1 Å². The van der Waals surface area contributed by atoms with E-state index in [0.29, 0.717) is 25.9 Å². The van der Waals surface area contributed by atoms with Crippen LogP contribution in [0.5, 0.6) is 0 Å². The summed E-state index contributed by atoms with van der Waals surface area (Å²) in [7, 11) is 0. The molecule has 0 radical (unpaired) electrons. The van der Waals surface area contributed by atoms with Crippen LogP contribution >= 0.6 is 0 Å². The zero-order valence-corrected chi connectivity index (χ0v) is 12.2. The molecule has 1 aliphatic rings. The summed E-state index contributed by atoms with van der Waals surface area (Å²) in [5.74, 6) is -1.49. The monoisotopic (exact) mass is 305 g/mol. The van der Waals surface area contributed by atoms with Crippen molar-refractivity contribution in [3.8, 4) is 0 Å². The lowest BCUT2D eigenvalue weighted by atomic mass is 10.2. The van der Waals surface area contributed by atoms with E-state index >= 15 is 0 Å². The second kappa shape index (κ2) is 7.53. The lowest BCUT2D eigenvalue weighted by Gasteiger charge is -2.21. The van der Waals surface area contributed by atoms with E-state index in [1.54, 1.807) is 18.5 Å². The number of amides is 2. The molecule has 7 nitrogen and oxygen atoms in total. The Hall–Kier alpha value is -2.44. The van der Waals surface area contributed by atoms with Crippen molar-refractivity contribution in [1.29, 1.82) is 0 Å². The van der Waals surface area contributed by atoms with Crippen LogP contribution in [0.3, 0.4) is 0 Å². The highest BCUT2D eigenvalue weighted by molar-refractivity contribution is 5.87. The molecular formula is C15H19N3O4. The number of nitrogens with one attached hydrogen (secondary N) is 1. The SMILES string of the molecule is O=C(CCC(=O)N1CCCC1C(=O)O)NCc1cccnc1. The third kappa shape index (κ3) is 4.28. The molecule has 0 bridgehead atoms. The summed E-state index contributed by atoms with van der Waals surface area (Å²) in [6, 6.07) is 2.89. The smallest absolute Gasteiger partial charge is 0.326 e. The molecule has 7 heteroatoms. The fraction of sp³-hybridized carbons (Fsp3) is 0.467. The number of aromatic nitrogens is 1. The highest BCUT2D eigenvalue weighted by Gasteiger charge is 2.33. The molecule has 1 unspecified atom stereocenters. The van der Waals surface area contributed by atoms with Crippen molar-refractivity contribution in [2.75, 3.05) is 6.54 Å². The van der Waals surface area contributed by atoms with Gasteiger partial charge in [-0.1, -0.05) is 6.07 Å². The first-order chi connectivity index (χ1) is 10.6. The number of aliphatic carboxylic acids is 1. The molecule has 0 saturated carbocycles. The Morgan fingerprint density at radius 2 is 2.18 bits per heavy atom. The van der Waals surface area contributed by atoms with Crippen LogP contribution in [0.4, 0.5) is 0 Å². The van der Waals surface area contributed by atoms with Crippen molar-refractivity contribution in [1.82, 2.24) is 15.2 Å². The van der Waals surface area contributed by atoms with Gasteiger partial charge < -0.3 is 15.3 Å². The summed E-state index contributed by atoms with van der Waals surface area (Å²) in [5.41, 5.74) is 0.882. The molecule has 1 fully saturated rings. The quantitative estimate of drug-likeness (QED) is 0.799. The summed E-state index contributed by atoms with van der Waals surface area (Å²) in [6.07, 6.45) is 4.57. The van der Waals surface area contributed by atoms with Crippen molar-refractivity contribution in [2.45, 2.75) is 38.3 Å². The Labute approximate surface area is 128 Å². The number of pyridine rings is 1. The predicted molar refractivity (Wildman–Crippen MR) is 77.7 cm³/mol. The minimum atomic E-state index is -0.980. The molecule has 1 saturated heterocycles. The third-order valence-electron chi connectivity index (χ3n) is 3.64. The van der Waals surface area contributed by atoms with Crippen molar-refractivity contribution in [2.24, 2.45) is 0 Å². The Morgan fingerprint density at radius 1 is 1.36 bits per heavy atom. The Kier molecular flexibility index (Phi) is 5.46. The van der Waals surface area contributed by atoms with Gasteiger partial charge in [-0.25, -0.2) is 4.79 Å². The Morgan fingerprint density at radius 3 is 2.86 bits per heavy atom. The summed E-state index contributed by atoms with van der Waals surface area (Å²) in [5, 5.41) is 11.8. The van der Waals surface area contributed by atoms with Gasteiger partial charge in [-0.15, -0.1) is 0 Å². The molecule has 2 N–H and O–H groups in total. The molecule has 2 amide bonds. The number of carbonyl (C=O) groups excluding carboxylic acids is 2. The van der Waals surface area contributed by atoms with Crippen LogP contribution in [0.2, 0.25) is 0 Å². The first-order valence-electron chi connectivity index (χ1n) is 7.26. The summed E-state index contributed by atoms with van der Waals surface area (Å²) in [6.45, 7) is 0.815. The van der Waals surface area contributed by atoms with E-state index in [0.717, 1.165) is 5.56 Å². The average Bonchev–Trinajstić information content (AvgIpc) is 3.01. The van der Waals surface area contributed by atoms with E-state index in [1.807, 2.05) is 6.07 Å². The summed E-state index contributed by atoms with van der Waals surface area (Å²) in [4.78, 5) is 40.1. The van der Waals surface area contributed by atoms with Crippen LogP contribution in [-0.4, -0.2) is 45.4 Å². The predicted octanol–water partition coefficient (Wildman–Crippen LogP) is 0.554. The van der Waals surface area contributed by atoms with Gasteiger partial charge in [0.15, 0.2) is 0 Å². The van der Waals surface area contributed by atoms with E-state index in [1.165, 1.54) is 4.90 Å². The fourth-order valence-electron chi connectivity index (χ4n) is 2.48. The molecule has 1 aromatic rings. The van der Waals surface area contributed by atoms with E-state index in [2.05, 4.69) is 10.3 Å². The van der Waals surface area contributed by atoms with E-state index < -0.39 is 12.0 Å². The summed E-state index contributed by atoms with van der Waals surface area (Å²) < 4.78 is 0. The number of carboxylic acid groups (broad SMARTS) is 1. The van der Waals surface area contributed by atoms with Gasteiger partial charge >= 0.3 is 5.97 Å². The summed E-state index contributed by atoms with van der Waals surface area (Å²) >= 11 is 0. The van der Waals surface area contributed by atoms with Crippen LogP contribution in [0.15, 0.2) is 24.5 Å². The minimum Gasteiger partial charge on any atom is -0.480 e. The van der Waals surface area contributed by atoms with Crippen molar-refractivity contribution in [3.63, 3.8) is 0 Å².